The molecule has 1 aliphatic rings. The van der Waals surface area contributed by atoms with Gasteiger partial charge in [0.1, 0.15) is 0 Å². The Hall–Kier alpha value is 0.270. The number of halogens is 1. The summed E-state index contributed by atoms with van der Waals surface area (Å²) < 4.78 is 28.6. The minimum atomic E-state index is -3.50. The lowest BCUT2D eigenvalue weighted by Crippen LogP contribution is -2.33. The van der Waals surface area contributed by atoms with E-state index < -0.39 is 10.0 Å². The maximum atomic E-state index is 12.5. The summed E-state index contributed by atoms with van der Waals surface area (Å²) in [5.74, 6) is 3.24. The monoisotopic (exact) mass is 410 g/mol. The zero-order valence-corrected chi connectivity index (χ0v) is 15.8. The van der Waals surface area contributed by atoms with Crippen LogP contribution in [0, 0.1) is 6.92 Å². The number of sulfonamides is 1. The van der Waals surface area contributed by atoms with Crippen LogP contribution in [0.25, 0.3) is 0 Å². The van der Waals surface area contributed by atoms with Gasteiger partial charge in [0.2, 0.25) is 10.0 Å². The van der Waals surface area contributed by atoms with Crippen molar-refractivity contribution in [1.82, 2.24) is 4.72 Å². The highest BCUT2D eigenvalue weighted by molar-refractivity contribution is 9.10. The Labute approximate surface area is 143 Å². The van der Waals surface area contributed by atoms with Crippen LogP contribution in [0.4, 0.5) is 0 Å². The number of thioether (sulfide) groups is 2. The zero-order chi connectivity index (χ0) is 15.5. The molecule has 0 bridgehead atoms. The predicted octanol–water partition coefficient (Wildman–Crippen LogP) is 2.34. The number of nitrogens with one attached hydrogen (secondary N) is 1. The Morgan fingerprint density at radius 2 is 2.19 bits per heavy atom. The Kier molecular flexibility index (Phi) is 6.46. The lowest BCUT2D eigenvalue weighted by atomic mass is 10.1. The fourth-order valence-electron chi connectivity index (χ4n) is 2.04. The first-order chi connectivity index (χ1) is 9.94. The molecule has 4 nitrogen and oxygen atoms in total. The topological polar surface area (TPSA) is 72.2 Å². The molecule has 0 spiro atoms. The highest BCUT2D eigenvalue weighted by Crippen LogP contribution is 2.27. The van der Waals surface area contributed by atoms with Crippen LogP contribution in [-0.2, 0) is 16.6 Å². The molecule has 1 saturated heterocycles. The summed E-state index contributed by atoms with van der Waals surface area (Å²) in [6, 6.07) is 3.52. The molecule has 118 valence electrons. The quantitative estimate of drug-likeness (QED) is 0.778. The number of hydrogen-bond donors (Lipinski definition) is 2. The molecule has 1 fully saturated rings. The van der Waals surface area contributed by atoms with Crippen molar-refractivity contribution in [3.63, 3.8) is 0 Å². The van der Waals surface area contributed by atoms with E-state index in [4.69, 9.17) is 5.73 Å². The molecule has 1 aromatic rings. The van der Waals surface area contributed by atoms with Gasteiger partial charge >= 0.3 is 0 Å². The number of rotatable bonds is 5. The van der Waals surface area contributed by atoms with Crippen molar-refractivity contribution in [2.24, 2.45) is 5.73 Å². The predicted molar refractivity (Wildman–Crippen MR) is 95.5 cm³/mol. The van der Waals surface area contributed by atoms with Crippen molar-refractivity contribution in [3.8, 4) is 0 Å². The van der Waals surface area contributed by atoms with Gasteiger partial charge in [-0.3, -0.25) is 0 Å². The third kappa shape index (κ3) is 4.62. The largest absolute Gasteiger partial charge is 0.326 e. The number of benzene rings is 1. The molecule has 21 heavy (non-hydrogen) atoms. The maximum absolute atomic E-state index is 12.5. The van der Waals surface area contributed by atoms with Crippen LogP contribution in [0.2, 0.25) is 0 Å². The summed E-state index contributed by atoms with van der Waals surface area (Å²) in [6.45, 7) is 2.59. The van der Waals surface area contributed by atoms with Crippen LogP contribution < -0.4 is 10.5 Å². The van der Waals surface area contributed by atoms with Gasteiger partial charge in [0.05, 0.1) is 4.90 Å². The van der Waals surface area contributed by atoms with Crippen LogP contribution in [-0.4, -0.2) is 37.5 Å². The van der Waals surface area contributed by atoms with Crippen LogP contribution in [0.5, 0.6) is 0 Å². The summed E-state index contributed by atoms with van der Waals surface area (Å²) >= 11 is 7.12. The summed E-state index contributed by atoms with van der Waals surface area (Å²) in [6.07, 6.45) is 0. The summed E-state index contributed by atoms with van der Waals surface area (Å²) in [5.41, 5.74) is 7.14. The van der Waals surface area contributed by atoms with E-state index in [9.17, 15) is 8.42 Å². The summed E-state index contributed by atoms with van der Waals surface area (Å²) in [5, 5.41) is 0.347. The molecule has 1 aromatic carbocycles. The molecule has 1 atom stereocenters. The standard InChI is InChI=1S/C13H19BrN2O2S3/c1-9-12(14)4-10(6-15)5-13(9)21(17,18)16-7-11-8-19-2-3-20-11/h4-5,11,16H,2-3,6-8,15H2,1H3. The first kappa shape index (κ1) is 17.6. The Morgan fingerprint density at radius 3 is 2.81 bits per heavy atom. The molecule has 0 aliphatic carbocycles. The molecular weight excluding hydrogens is 392 g/mol. The molecular formula is C13H19BrN2O2S3. The minimum Gasteiger partial charge on any atom is -0.326 e. The van der Waals surface area contributed by atoms with Gasteiger partial charge < -0.3 is 5.73 Å². The lowest BCUT2D eigenvalue weighted by Gasteiger charge is -2.21. The van der Waals surface area contributed by atoms with Crippen molar-refractivity contribution in [2.75, 3.05) is 23.8 Å². The molecule has 0 saturated carbocycles. The van der Waals surface area contributed by atoms with E-state index in [2.05, 4.69) is 20.7 Å². The second kappa shape index (κ2) is 7.70. The van der Waals surface area contributed by atoms with Gasteiger partial charge in [-0.05, 0) is 30.2 Å². The van der Waals surface area contributed by atoms with Crippen LogP contribution >= 0.6 is 39.5 Å². The SMILES string of the molecule is Cc1c(Br)cc(CN)cc1S(=O)(=O)NCC1CSCCS1. The zero-order valence-electron chi connectivity index (χ0n) is 11.8. The average molecular weight is 411 g/mol. The Morgan fingerprint density at radius 1 is 1.43 bits per heavy atom. The molecule has 8 heteroatoms. The van der Waals surface area contributed by atoms with E-state index in [1.54, 1.807) is 13.0 Å². The third-order valence-corrected chi connectivity index (χ3v) is 8.49. The second-order valence-electron chi connectivity index (χ2n) is 4.82. The van der Waals surface area contributed by atoms with Gasteiger partial charge in [-0.1, -0.05) is 15.9 Å². The van der Waals surface area contributed by atoms with Gasteiger partial charge in [0.25, 0.3) is 0 Å². The maximum Gasteiger partial charge on any atom is 0.240 e. The van der Waals surface area contributed by atoms with Gasteiger partial charge in [-0.15, -0.1) is 0 Å². The van der Waals surface area contributed by atoms with Crippen molar-refractivity contribution in [2.45, 2.75) is 23.6 Å². The first-order valence-electron chi connectivity index (χ1n) is 6.62. The Bertz CT molecular complexity index is 602. The molecule has 0 radical (unpaired) electrons. The van der Waals surface area contributed by atoms with E-state index in [0.29, 0.717) is 28.8 Å². The molecule has 2 rings (SSSR count). The molecule has 0 aromatic heterocycles. The highest BCUT2D eigenvalue weighted by atomic mass is 79.9. The molecule has 1 heterocycles. The van der Waals surface area contributed by atoms with Crippen LogP contribution in [0.1, 0.15) is 11.1 Å². The average Bonchev–Trinajstić information content (AvgIpc) is 2.48. The summed E-state index contributed by atoms with van der Waals surface area (Å²) in [4.78, 5) is 0.311. The van der Waals surface area contributed by atoms with Crippen LogP contribution in [0.3, 0.4) is 0 Å². The van der Waals surface area contributed by atoms with Crippen molar-refractivity contribution in [3.05, 3.63) is 27.7 Å². The van der Waals surface area contributed by atoms with Gasteiger partial charge in [0.15, 0.2) is 0 Å². The Balaban J connectivity index is 2.16. The van der Waals surface area contributed by atoms with E-state index >= 15 is 0 Å². The van der Waals surface area contributed by atoms with Crippen molar-refractivity contribution in [1.29, 1.82) is 0 Å². The van der Waals surface area contributed by atoms with Gasteiger partial charge in [-0.2, -0.15) is 23.5 Å². The fraction of sp³-hybridized carbons (Fsp3) is 0.538. The molecule has 3 N–H and O–H groups in total. The molecule has 1 unspecified atom stereocenters. The third-order valence-electron chi connectivity index (χ3n) is 3.27. The molecule has 0 amide bonds. The molecule has 1 aliphatic heterocycles. The first-order valence-corrected chi connectivity index (χ1v) is 11.1. The number of nitrogens with two attached hydrogens (primary N) is 1. The van der Waals surface area contributed by atoms with Gasteiger partial charge in [0, 0.05) is 40.1 Å². The fourth-order valence-corrected chi connectivity index (χ4v) is 6.79. The lowest BCUT2D eigenvalue weighted by molar-refractivity contribution is 0.580. The van der Waals surface area contributed by atoms with E-state index in [1.165, 1.54) is 0 Å². The second-order valence-corrected chi connectivity index (χ2v) is 9.97. The van der Waals surface area contributed by atoms with E-state index in [1.807, 2.05) is 29.6 Å². The van der Waals surface area contributed by atoms with E-state index in [-0.39, 0.29) is 0 Å². The smallest absolute Gasteiger partial charge is 0.240 e. The van der Waals surface area contributed by atoms with Crippen molar-refractivity contribution < 1.29 is 8.42 Å². The number of hydrogen-bond acceptors (Lipinski definition) is 5. The van der Waals surface area contributed by atoms with Crippen molar-refractivity contribution >= 4 is 49.5 Å². The minimum absolute atomic E-state index is 0.311. The van der Waals surface area contributed by atoms with E-state index in [0.717, 1.165) is 27.3 Å². The van der Waals surface area contributed by atoms with Crippen LogP contribution in [0.15, 0.2) is 21.5 Å². The summed E-state index contributed by atoms with van der Waals surface area (Å²) in [7, 11) is -3.50. The normalized spacial score (nSPS) is 19.7. The van der Waals surface area contributed by atoms with Gasteiger partial charge in [-0.25, -0.2) is 13.1 Å². The highest BCUT2D eigenvalue weighted by Gasteiger charge is 2.22.